The minimum Gasteiger partial charge on any atom is -0.399 e. The molecule has 2 heterocycles. The third-order valence-corrected chi connectivity index (χ3v) is 6.67. The summed E-state index contributed by atoms with van der Waals surface area (Å²) < 4.78 is 1.63. The first kappa shape index (κ1) is 22.9. The van der Waals surface area contributed by atoms with Gasteiger partial charge in [0.2, 0.25) is 0 Å². The maximum Gasteiger partial charge on any atom is 0.137 e. The van der Waals surface area contributed by atoms with Crippen molar-refractivity contribution in [2.45, 2.75) is 38.1 Å². The molecule has 1 aliphatic heterocycles. The molecule has 3 unspecified atom stereocenters. The van der Waals surface area contributed by atoms with Crippen LogP contribution in [0.1, 0.15) is 19.4 Å². The Kier molecular flexibility index (Phi) is 6.62. The summed E-state index contributed by atoms with van der Waals surface area (Å²) in [6.07, 6.45) is 3.06. The van der Waals surface area contributed by atoms with Gasteiger partial charge in [-0.05, 0) is 50.2 Å². The summed E-state index contributed by atoms with van der Waals surface area (Å²) in [6.45, 7) is 6.62. The van der Waals surface area contributed by atoms with E-state index in [0.717, 1.165) is 24.5 Å². The van der Waals surface area contributed by atoms with Crippen LogP contribution in [0, 0.1) is 0 Å². The molecule has 32 heavy (non-hydrogen) atoms. The number of hydrogen-bond acceptors (Lipinski definition) is 6. The normalized spacial score (nSPS) is 21.5. The van der Waals surface area contributed by atoms with Crippen LogP contribution in [0.25, 0.3) is 0 Å². The standard InChI is InChI=1S/C23H28Cl2N6O/c1-16-11-31(20-6-4-19(26)5-7-20)17(2)10-29(16)12-23(32,13-30-15-27-14-28-30)21-8-3-18(24)9-22(21)25/h3-9,14-17,32H,10-13,26H2,1-2H3. The zero-order valence-electron chi connectivity index (χ0n) is 18.2. The number of piperazine rings is 1. The van der Waals surface area contributed by atoms with Gasteiger partial charge in [0.15, 0.2) is 0 Å². The van der Waals surface area contributed by atoms with Crippen LogP contribution in [0.3, 0.4) is 0 Å². The van der Waals surface area contributed by atoms with Crippen molar-refractivity contribution in [1.29, 1.82) is 0 Å². The quantitative estimate of drug-likeness (QED) is 0.530. The molecule has 3 atom stereocenters. The molecule has 0 saturated carbocycles. The summed E-state index contributed by atoms with van der Waals surface area (Å²) in [6, 6.07) is 13.6. The molecule has 9 heteroatoms. The van der Waals surface area contributed by atoms with E-state index in [-0.39, 0.29) is 18.6 Å². The Balaban J connectivity index is 1.59. The second kappa shape index (κ2) is 9.27. The Labute approximate surface area is 198 Å². The highest BCUT2D eigenvalue weighted by Crippen LogP contribution is 2.34. The molecule has 1 aromatic heterocycles. The number of nitrogens with zero attached hydrogens (tertiary/aromatic N) is 5. The Hall–Kier alpha value is -2.32. The zero-order valence-corrected chi connectivity index (χ0v) is 19.7. The van der Waals surface area contributed by atoms with E-state index in [1.807, 2.05) is 12.1 Å². The predicted octanol–water partition coefficient (Wildman–Crippen LogP) is 3.65. The summed E-state index contributed by atoms with van der Waals surface area (Å²) in [5.41, 5.74) is 7.12. The van der Waals surface area contributed by atoms with E-state index in [9.17, 15) is 5.11 Å². The van der Waals surface area contributed by atoms with E-state index in [4.69, 9.17) is 28.9 Å². The van der Waals surface area contributed by atoms with Gasteiger partial charge in [0.1, 0.15) is 18.3 Å². The molecule has 170 valence electrons. The third-order valence-electron chi connectivity index (χ3n) is 6.13. The van der Waals surface area contributed by atoms with Crippen LogP contribution < -0.4 is 10.6 Å². The van der Waals surface area contributed by atoms with Gasteiger partial charge >= 0.3 is 0 Å². The number of halogens is 2. The molecule has 7 nitrogen and oxygen atoms in total. The van der Waals surface area contributed by atoms with Crippen molar-refractivity contribution in [1.82, 2.24) is 19.7 Å². The molecule has 0 spiro atoms. The SMILES string of the molecule is CC1CN(c2ccc(N)cc2)C(C)CN1CC(O)(Cn1cncn1)c1ccc(Cl)cc1Cl. The molecule has 0 bridgehead atoms. The van der Waals surface area contributed by atoms with Gasteiger partial charge in [0, 0.05) is 58.7 Å². The maximum absolute atomic E-state index is 11.9. The maximum atomic E-state index is 11.9. The first-order valence-electron chi connectivity index (χ1n) is 10.6. The van der Waals surface area contributed by atoms with Gasteiger partial charge in [-0.1, -0.05) is 29.3 Å². The Morgan fingerprint density at radius 2 is 1.81 bits per heavy atom. The molecule has 3 N–H and O–H groups in total. The topological polar surface area (TPSA) is 83.4 Å². The zero-order chi connectivity index (χ0) is 22.9. The molecule has 0 amide bonds. The van der Waals surface area contributed by atoms with E-state index in [2.05, 4.69) is 45.9 Å². The molecule has 0 aliphatic carbocycles. The highest BCUT2D eigenvalue weighted by Gasteiger charge is 2.39. The minimum atomic E-state index is -1.27. The van der Waals surface area contributed by atoms with E-state index >= 15 is 0 Å². The summed E-state index contributed by atoms with van der Waals surface area (Å²) in [5.74, 6) is 0. The van der Waals surface area contributed by atoms with E-state index in [1.165, 1.54) is 6.33 Å². The fourth-order valence-electron chi connectivity index (χ4n) is 4.45. The Bertz CT molecular complexity index is 1050. The van der Waals surface area contributed by atoms with Crippen molar-refractivity contribution in [3.8, 4) is 0 Å². The molecular formula is C23H28Cl2N6O. The summed E-state index contributed by atoms with van der Waals surface area (Å²) >= 11 is 12.6. The van der Waals surface area contributed by atoms with Crippen LogP contribution >= 0.6 is 23.2 Å². The van der Waals surface area contributed by atoms with Crippen LogP contribution in [0.5, 0.6) is 0 Å². The predicted molar refractivity (Wildman–Crippen MR) is 129 cm³/mol. The molecule has 1 fully saturated rings. The van der Waals surface area contributed by atoms with Crippen LogP contribution in [-0.4, -0.2) is 56.5 Å². The number of anilines is 2. The number of rotatable bonds is 6. The van der Waals surface area contributed by atoms with Gasteiger partial charge in [0.25, 0.3) is 0 Å². The Morgan fingerprint density at radius 3 is 2.47 bits per heavy atom. The molecular weight excluding hydrogens is 447 g/mol. The van der Waals surface area contributed by atoms with Crippen LogP contribution in [0.2, 0.25) is 10.0 Å². The first-order valence-corrected chi connectivity index (χ1v) is 11.4. The highest BCUT2D eigenvalue weighted by molar-refractivity contribution is 6.35. The average Bonchev–Trinajstić information content (AvgIpc) is 3.23. The third kappa shape index (κ3) is 4.86. The van der Waals surface area contributed by atoms with Crippen molar-refractivity contribution < 1.29 is 5.11 Å². The van der Waals surface area contributed by atoms with Gasteiger partial charge in [-0.25, -0.2) is 9.67 Å². The summed E-state index contributed by atoms with van der Waals surface area (Å²) in [4.78, 5) is 8.70. The largest absolute Gasteiger partial charge is 0.399 e. The second-order valence-electron chi connectivity index (χ2n) is 8.62. The van der Waals surface area contributed by atoms with Gasteiger partial charge in [0.05, 0.1) is 6.54 Å². The fraction of sp³-hybridized carbons (Fsp3) is 0.391. The van der Waals surface area contributed by atoms with Crippen LogP contribution in [-0.2, 0) is 12.1 Å². The number of benzene rings is 2. The van der Waals surface area contributed by atoms with Crippen molar-refractivity contribution in [2.24, 2.45) is 0 Å². The van der Waals surface area contributed by atoms with E-state index < -0.39 is 5.60 Å². The lowest BCUT2D eigenvalue weighted by molar-refractivity contribution is -0.0328. The van der Waals surface area contributed by atoms with Crippen molar-refractivity contribution in [3.05, 3.63) is 70.7 Å². The molecule has 2 aromatic carbocycles. The van der Waals surface area contributed by atoms with Gasteiger partial charge in [-0.2, -0.15) is 5.10 Å². The molecule has 0 radical (unpaired) electrons. The average molecular weight is 475 g/mol. The smallest absolute Gasteiger partial charge is 0.137 e. The molecule has 1 aliphatic rings. The lowest BCUT2D eigenvalue weighted by Crippen LogP contribution is -2.59. The summed E-state index contributed by atoms with van der Waals surface area (Å²) in [5, 5.41) is 17.1. The van der Waals surface area contributed by atoms with E-state index in [0.29, 0.717) is 22.2 Å². The Morgan fingerprint density at radius 1 is 1.06 bits per heavy atom. The molecule has 3 aromatic rings. The number of aliphatic hydroxyl groups is 1. The number of nitrogens with two attached hydrogens (primary N) is 1. The van der Waals surface area contributed by atoms with Crippen LogP contribution in [0.15, 0.2) is 55.1 Å². The van der Waals surface area contributed by atoms with Gasteiger partial charge < -0.3 is 15.7 Å². The molecule has 4 rings (SSSR count). The first-order chi connectivity index (χ1) is 15.2. The van der Waals surface area contributed by atoms with Gasteiger partial charge in [-0.3, -0.25) is 4.90 Å². The number of β-amino-alcohol motifs (C(OH)–C–C–N with tert-alkyl or cyclic N) is 1. The lowest BCUT2D eigenvalue weighted by Gasteiger charge is -2.47. The summed E-state index contributed by atoms with van der Waals surface area (Å²) in [7, 11) is 0. The minimum absolute atomic E-state index is 0.206. The monoisotopic (exact) mass is 474 g/mol. The van der Waals surface area contributed by atoms with Crippen molar-refractivity contribution in [3.63, 3.8) is 0 Å². The molecule has 1 saturated heterocycles. The van der Waals surface area contributed by atoms with Crippen LogP contribution in [0.4, 0.5) is 11.4 Å². The second-order valence-corrected chi connectivity index (χ2v) is 9.46. The lowest BCUT2D eigenvalue weighted by atomic mass is 9.91. The highest BCUT2D eigenvalue weighted by atomic mass is 35.5. The number of nitrogen functional groups attached to an aromatic ring is 1. The van der Waals surface area contributed by atoms with Crippen molar-refractivity contribution in [2.75, 3.05) is 30.3 Å². The van der Waals surface area contributed by atoms with E-state index in [1.54, 1.807) is 29.2 Å². The van der Waals surface area contributed by atoms with Crippen molar-refractivity contribution >= 4 is 34.6 Å². The number of aromatic nitrogens is 3. The fourth-order valence-corrected chi connectivity index (χ4v) is 5.03. The van der Waals surface area contributed by atoms with Gasteiger partial charge in [-0.15, -0.1) is 0 Å². The number of hydrogen-bond donors (Lipinski definition) is 2.